The van der Waals surface area contributed by atoms with Gasteiger partial charge in [0, 0.05) is 11.7 Å². The van der Waals surface area contributed by atoms with Crippen LogP contribution in [0, 0.1) is 5.82 Å². The van der Waals surface area contributed by atoms with E-state index in [4.69, 9.17) is 5.73 Å². The summed E-state index contributed by atoms with van der Waals surface area (Å²) in [5.41, 5.74) is 5.88. The van der Waals surface area contributed by atoms with E-state index in [1.165, 1.54) is 18.2 Å². The summed E-state index contributed by atoms with van der Waals surface area (Å²) in [6.07, 6.45) is 2.05. The standard InChI is InChI=1S/C10H12FN3O/c11-8-4-3-7(5-9(8)12)14-10(15)13-6-1-2-6/h3-6H,1-2,12H2,(H2,13,14,15). The third kappa shape index (κ3) is 2.59. The zero-order chi connectivity index (χ0) is 10.8. The van der Waals surface area contributed by atoms with Crippen LogP contribution in [-0.4, -0.2) is 12.1 Å². The van der Waals surface area contributed by atoms with Gasteiger partial charge in [0.2, 0.25) is 0 Å². The van der Waals surface area contributed by atoms with Crippen molar-refractivity contribution in [2.75, 3.05) is 11.1 Å². The summed E-state index contributed by atoms with van der Waals surface area (Å²) in [4.78, 5) is 11.3. The number of urea groups is 1. The van der Waals surface area contributed by atoms with E-state index in [0.29, 0.717) is 11.7 Å². The molecule has 80 valence electrons. The summed E-state index contributed by atoms with van der Waals surface area (Å²) in [6.45, 7) is 0. The molecule has 1 saturated carbocycles. The number of hydrogen-bond donors (Lipinski definition) is 3. The fourth-order valence-electron chi connectivity index (χ4n) is 1.20. The molecule has 1 fully saturated rings. The number of halogens is 1. The Labute approximate surface area is 86.7 Å². The van der Waals surface area contributed by atoms with Gasteiger partial charge in [-0.3, -0.25) is 0 Å². The number of rotatable bonds is 2. The Hall–Kier alpha value is -1.78. The first-order valence-electron chi connectivity index (χ1n) is 4.77. The molecule has 0 atom stereocenters. The van der Waals surface area contributed by atoms with Crippen LogP contribution < -0.4 is 16.4 Å². The predicted octanol–water partition coefficient (Wildman–Crippen LogP) is 1.69. The molecule has 0 radical (unpaired) electrons. The van der Waals surface area contributed by atoms with Crippen molar-refractivity contribution in [2.45, 2.75) is 18.9 Å². The van der Waals surface area contributed by atoms with Gasteiger partial charge in [-0.1, -0.05) is 0 Å². The summed E-state index contributed by atoms with van der Waals surface area (Å²) in [5, 5.41) is 5.34. The minimum atomic E-state index is -0.483. The van der Waals surface area contributed by atoms with Crippen LogP contribution in [0.5, 0.6) is 0 Å². The van der Waals surface area contributed by atoms with Crippen LogP contribution in [0.15, 0.2) is 18.2 Å². The van der Waals surface area contributed by atoms with E-state index in [1.807, 2.05) is 0 Å². The number of carbonyl (C=O) groups excluding carboxylic acids is 1. The van der Waals surface area contributed by atoms with Crippen molar-refractivity contribution < 1.29 is 9.18 Å². The monoisotopic (exact) mass is 209 g/mol. The molecule has 1 aliphatic carbocycles. The highest BCUT2D eigenvalue weighted by Crippen LogP contribution is 2.19. The molecule has 0 heterocycles. The average molecular weight is 209 g/mol. The molecule has 15 heavy (non-hydrogen) atoms. The van der Waals surface area contributed by atoms with Crippen LogP contribution in [0.3, 0.4) is 0 Å². The predicted molar refractivity (Wildman–Crippen MR) is 56.0 cm³/mol. The molecule has 2 rings (SSSR count). The van der Waals surface area contributed by atoms with Gasteiger partial charge in [0.1, 0.15) is 5.82 Å². The number of hydrogen-bond acceptors (Lipinski definition) is 2. The Morgan fingerprint density at radius 2 is 2.20 bits per heavy atom. The molecule has 5 heteroatoms. The van der Waals surface area contributed by atoms with Gasteiger partial charge in [-0.05, 0) is 31.0 Å². The fourth-order valence-corrected chi connectivity index (χ4v) is 1.20. The Morgan fingerprint density at radius 3 is 2.80 bits per heavy atom. The first-order valence-corrected chi connectivity index (χ1v) is 4.77. The zero-order valence-corrected chi connectivity index (χ0v) is 8.09. The number of benzene rings is 1. The average Bonchev–Trinajstić information content (AvgIpc) is 2.95. The number of nitrogens with one attached hydrogen (secondary N) is 2. The van der Waals surface area contributed by atoms with Crippen molar-refractivity contribution in [1.29, 1.82) is 0 Å². The van der Waals surface area contributed by atoms with Crippen LogP contribution in [-0.2, 0) is 0 Å². The highest BCUT2D eigenvalue weighted by molar-refractivity contribution is 5.90. The lowest BCUT2D eigenvalue weighted by Gasteiger charge is -2.07. The number of anilines is 2. The molecule has 0 spiro atoms. The van der Waals surface area contributed by atoms with Crippen molar-refractivity contribution >= 4 is 17.4 Å². The molecule has 1 aromatic carbocycles. The lowest BCUT2D eigenvalue weighted by molar-refractivity contribution is 0.251. The molecule has 0 bridgehead atoms. The van der Waals surface area contributed by atoms with Crippen molar-refractivity contribution in [3.8, 4) is 0 Å². The van der Waals surface area contributed by atoms with Crippen LogP contribution >= 0.6 is 0 Å². The Morgan fingerprint density at radius 1 is 1.47 bits per heavy atom. The minimum Gasteiger partial charge on any atom is -0.396 e. The van der Waals surface area contributed by atoms with Crippen molar-refractivity contribution in [2.24, 2.45) is 0 Å². The van der Waals surface area contributed by atoms with E-state index in [1.54, 1.807) is 0 Å². The summed E-state index contributed by atoms with van der Waals surface area (Å²) in [6, 6.07) is 4.11. The quantitative estimate of drug-likeness (QED) is 0.649. The zero-order valence-electron chi connectivity index (χ0n) is 8.09. The molecular formula is C10H12FN3O. The third-order valence-electron chi connectivity index (χ3n) is 2.17. The first kappa shape index (κ1) is 9.76. The Kier molecular flexibility index (Phi) is 2.45. The Balaban J connectivity index is 1.97. The lowest BCUT2D eigenvalue weighted by Crippen LogP contribution is -2.30. The lowest BCUT2D eigenvalue weighted by atomic mass is 10.3. The largest absolute Gasteiger partial charge is 0.396 e. The van der Waals surface area contributed by atoms with Gasteiger partial charge >= 0.3 is 6.03 Å². The second kappa shape index (κ2) is 3.76. The molecule has 0 unspecified atom stereocenters. The van der Waals surface area contributed by atoms with Crippen LogP contribution in [0.2, 0.25) is 0 Å². The summed E-state index contributed by atoms with van der Waals surface area (Å²) >= 11 is 0. The van der Waals surface area contributed by atoms with Crippen molar-refractivity contribution in [1.82, 2.24) is 5.32 Å². The molecule has 0 saturated heterocycles. The van der Waals surface area contributed by atoms with E-state index in [0.717, 1.165) is 12.8 Å². The normalized spacial score (nSPS) is 14.7. The highest BCUT2D eigenvalue weighted by Gasteiger charge is 2.23. The van der Waals surface area contributed by atoms with Crippen molar-refractivity contribution in [3.63, 3.8) is 0 Å². The topological polar surface area (TPSA) is 67.1 Å². The first-order chi connectivity index (χ1) is 7.15. The third-order valence-corrected chi connectivity index (χ3v) is 2.17. The Bertz CT molecular complexity index is 390. The maximum atomic E-state index is 12.8. The number of nitrogens with two attached hydrogens (primary N) is 1. The summed E-state index contributed by atoms with van der Waals surface area (Å²) in [5.74, 6) is -0.483. The van der Waals surface area contributed by atoms with Crippen LogP contribution in [0.25, 0.3) is 0 Å². The molecule has 0 aromatic heterocycles. The number of amides is 2. The molecule has 4 nitrogen and oxygen atoms in total. The van der Waals surface area contributed by atoms with Crippen molar-refractivity contribution in [3.05, 3.63) is 24.0 Å². The molecule has 1 aromatic rings. The second-order valence-electron chi connectivity index (χ2n) is 3.61. The van der Waals surface area contributed by atoms with Gasteiger partial charge in [-0.15, -0.1) is 0 Å². The SMILES string of the molecule is Nc1cc(NC(=O)NC2CC2)ccc1F. The van der Waals surface area contributed by atoms with Crippen LogP contribution in [0.1, 0.15) is 12.8 Å². The fraction of sp³-hybridized carbons (Fsp3) is 0.300. The van der Waals surface area contributed by atoms with Gasteiger partial charge in [-0.2, -0.15) is 0 Å². The highest BCUT2D eigenvalue weighted by atomic mass is 19.1. The van der Waals surface area contributed by atoms with E-state index in [-0.39, 0.29) is 11.7 Å². The smallest absolute Gasteiger partial charge is 0.319 e. The summed E-state index contributed by atoms with van der Waals surface area (Å²) in [7, 11) is 0. The van der Waals surface area contributed by atoms with E-state index in [9.17, 15) is 9.18 Å². The van der Waals surface area contributed by atoms with Gasteiger partial charge in [0.25, 0.3) is 0 Å². The van der Waals surface area contributed by atoms with E-state index >= 15 is 0 Å². The summed E-state index contributed by atoms with van der Waals surface area (Å²) < 4.78 is 12.8. The maximum absolute atomic E-state index is 12.8. The van der Waals surface area contributed by atoms with Gasteiger partial charge in [0.15, 0.2) is 0 Å². The van der Waals surface area contributed by atoms with Gasteiger partial charge in [-0.25, -0.2) is 9.18 Å². The van der Waals surface area contributed by atoms with Crippen LogP contribution in [0.4, 0.5) is 20.6 Å². The number of carbonyl (C=O) groups is 1. The molecular weight excluding hydrogens is 197 g/mol. The molecule has 1 aliphatic rings. The minimum absolute atomic E-state index is 0.0271. The van der Waals surface area contributed by atoms with E-state index < -0.39 is 5.82 Å². The molecule has 2 amide bonds. The second-order valence-corrected chi connectivity index (χ2v) is 3.61. The molecule has 0 aliphatic heterocycles. The van der Waals surface area contributed by atoms with Gasteiger partial charge < -0.3 is 16.4 Å². The van der Waals surface area contributed by atoms with Gasteiger partial charge in [0.05, 0.1) is 5.69 Å². The molecule has 4 N–H and O–H groups in total. The van der Waals surface area contributed by atoms with E-state index in [2.05, 4.69) is 10.6 Å². The number of nitrogen functional groups attached to an aromatic ring is 1. The maximum Gasteiger partial charge on any atom is 0.319 e.